The van der Waals surface area contributed by atoms with Crippen LogP contribution in [0.2, 0.25) is 5.02 Å². The van der Waals surface area contributed by atoms with E-state index in [-0.39, 0.29) is 11.1 Å². The smallest absolute Gasteiger partial charge is 0.315 e. The second-order valence-electron chi connectivity index (χ2n) is 5.65. The van der Waals surface area contributed by atoms with Crippen LogP contribution in [0.1, 0.15) is 16.7 Å². The van der Waals surface area contributed by atoms with Crippen molar-refractivity contribution < 1.29 is 13.9 Å². The van der Waals surface area contributed by atoms with Gasteiger partial charge in [0, 0.05) is 19.5 Å². The van der Waals surface area contributed by atoms with Crippen LogP contribution in [0.15, 0.2) is 36.4 Å². The van der Waals surface area contributed by atoms with E-state index in [0.29, 0.717) is 13.1 Å². The summed E-state index contributed by atoms with van der Waals surface area (Å²) in [5, 5.41) is 5.58. The van der Waals surface area contributed by atoms with Gasteiger partial charge in [0.2, 0.25) is 0 Å². The average molecular weight is 349 g/mol. The number of carbonyl (C=O) groups excluding carboxylic acids is 1. The zero-order valence-corrected chi connectivity index (χ0v) is 13.8. The van der Waals surface area contributed by atoms with Crippen LogP contribution in [0.5, 0.6) is 5.75 Å². The highest BCUT2D eigenvalue weighted by atomic mass is 35.5. The van der Waals surface area contributed by atoms with E-state index in [1.807, 2.05) is 12.1 Å². The van der Waals surface area contributed by atoms with Crippen LogP contribution in [0, 0.1) is 5.82 Å². The van der Waals surface area contributed by atoms with Crippen molar-refractivity contribution in [2.45, 2.75) is 19.4 Å². The first-order chi connectivity index (χ1) is 11.6. The van der Waals surface area contributed by atoms with Gasteiger partial charge in [-0.05, 0) is 41.3 Å². The topological polar surface area (TPSA) is 50.4 Å². The molecule has 6 heteroatoms. The fourth-order valence-electron chi connectivity index (χ4n) is 2.61. The molecule has 0 fully saturated rings. The third kappa shape index (κ3) is 4.17. The molecule has 1 aliphatic rings. The fraction of sp³-hybridized carbons (Fsp3) is 0.278. The Kier molecular flexibility index (Phi) is 5.20. The molecule has 126 valence electrons. The van der Waals surface area contributed by atoms with Gasteiger partial charge in [-0.25, -0.2) is 9.18 Å². The lowest BCUT2D eigenvalue weighted by Crippen LogP contribution is -2.36. The Balaban J connectivity index is 1.41. The third-order valence-electron chi connectivity index (χ3n) is 3.89. The maximum atomic E-state index is 13.1. The minimum Gasteiger partial charge on any atom is -0.493 e. The number of fused-ring (bicyclic) bond motifs is 1. The maximum Gasteiger partial charge on any atom is 0.315 e. The summed E-state index contributed by atoms with van der Waals surface area (Å²) >= 11 is 5.71. The zero-order valence-electron chi connectivity index (χ0n) is 13.1. The second-order valence-corrected chi connectivity index (χ2v) is 6.06. The van der Waals surface area contributed by atoms with Crippen LogP contribution in [0.4, 0.5) is 9.18 Å². The van der Waals surface area contributed by atoms with Crippen molar-refractivity contribution in [3.8, 4) is 5.75 Å². The summed E-state index contributed by atoms with van der Waals surface area (Å²) in [6, 6.07) is 10.2. The lowest BCUT2D eigenvalue weighted by molar-refractivity contribution is 0.240. The van der Waals surface area contributed by atoms with E-state index < -0.39 is 5.82 Å². The van der Waals surface area contributed by atoms with Gasteiger partial charge in [-0.2, -0.15) is 0 Å². The van der Waals surface area contributed by atoms with Crippen LogP contribution < -0.4 is 15.4 Å². The molecule has 4 nitrogen and oxygen atoms in total. The molecule has 0 saturated heterocycles. The summed E-state index contributed by atoms with van der Waals surface area (Å²) in [4.78, 5) is 11.8. The van der Waals surface area contributed by atoms with E-state index in [1.54, 1.807) is 6.07 Å². The normalized spacial score (nSPS) is 12.4. The van der Waals surface area contributed by atoms with Gasteiger partial charge in [-0.3, -0.25) is 0 Å². The molecule has 3 rings (SSSR count). The van der Waals surface area contributed by atoms with Gasteiger partial charge in [0.15, 0.2) is 0 Å². The molecule has 2 amide bonds. The first-order valence-electron chi connectivity index (χ1n) is 7.82. The molecular weight excluding hydrogens is 331 g/mol. The minimum atomic E-state index is -0.468. The molecule has 24 heavy (non-hydrogen) atoms. The van der Waals surface area contributed by atoms with E-state index in [9.17, 15) is 9.18 Å². The van der Waals surface area contributed by atoms with Gasteiger partial charge in [-0.1, -0.05) is 29.8 Å². The molecule has 1 aliphatic heterocycles. The van der Waals surface area contributed by atoms with Crippen molar-refractivity contribution in [2.75, 3.05) is 13.2 Å². The maximum absolute atomic E-state index is 13.1. The van der Waals surface area contributed by atoms with E-state index in [2.05, 4.69) is 16.7 Å². The Morgan fingerprint density at radius 3 is 2.83 bits per heavy atom. The molecule has 0 bridgehead atoms. The largest absolute Gasteiger partial charge is 0.493 e. The van der Waals surface area contributed by atoms with Crippen molar-refractivity contribution in [3.05, 3.63) is 63.9 Å². The summed E-state index contributed by atoms with van der Waals surface area (Å²) in [6.45, 7) is 1.57. The molecule has 0 radical (unpaired) electrons. The number of carbonyl (C=O) groups is 1. The molecule has 0 spiro atoms. The molecule has 0 aliphatic carbocycles. The highest BCUT2D eigenvalue weighted by Gasteiger charge is 2.11. The molecule has 2 N–H and O–H groups in total. The molecule has 0 atom stereocenters. The number of urea groups is 1. The monoisotopic (exact) mass is 348 g/mol. The number of halogens is 2. The molecular formula is C18H18ClFN2O2. The van der Waals surface area contributed by atoms with Crippen molar-refractivity contribution in [1.82, 2.24) is 10.6 Å². The van der Waals surface area contributed by atoms with Crippen LogP contribution in [-0.4, -0.2) is 19.2 Å². The Morgan fingerprint density at radius 2 is 2.00 bits per heavy atom. The third-order valence-corrected chi connectivity index (χ3v) is 4.18. The van der Waals surface area contributed by atoms with Gasteiger partial charge in [0.25, 0.3) is 0 Å². The lowest BCUT2D eigenvalue weighted by Gasteiger charge is -2.09. The van der Waals surface area contributed by atoms with E-state index in [1.165, 1.54) is 23.3 Å². The summed E-state index contributed by atoms with van der Waals surface area (Å²) in [6.07, 6.45) is 1.69. The summed E-state index contributed by atoms with van der Waals surface area (Å²) in [5.41, 5.74) is 3.14. The molecule has 2 aromatic rings. The molecule has 0 saturated carbocycles. The number of hydrogen-bond acceptors (Lipinski definition) is 2. The molecule has 0 unspecified atom stereocenters. The van der Waals surface area contributed by atoms with Crippen LogP contribution >= 0.6 is 11.6 Å². The van der Waals surface area contributed by atoms with Gasteiger partial charge in [-0.15, -0.1) is 0 Å². The van der Waals surface area contributed by atoms with E-state index >= 15 is 0 Å². The highest BCUT2D eigenvalue weighted by molar-refractivity contribution is 6.30. The fourth-order valence-corrected chi connectivity index (χ4v) is 2.81. The van der Waals surface area contributed by atoms with E-state index in [0.717, 1.165) is 30.8 Å². The predicted molar refractivity (Wildman–Crippen MR) is 91.0 cm³/mol. The Bertz CT molecular complexity index is 752. The Morgan fingerprint density at radius 1 is 1.17 bits per heavy atom. The van der Waals surface area contributed by atoms with Crippen LogP contribution in [0.3, 0.4) is 0 Å². The number of amides is 2. The summed E-state index contributed by atoms with van der Waals surface area (Å²) in [5.74, 6) is 0.493. The number of ether oxygens (including phenoxy) is 1. The molecule has 0 aromatic heterocycles. The number of benzene rings is 2. The summed E-state index contributed by atoms with van der Waals surface area (Å²) in [7, 11) is 0. The van der Waals surface area contributed by atoms with Gasteiger partial charge < -0.3 is 15.4 Å². The quantitative estimate of drug-likeness (QED) is 0.869. The van der Waals surface area contributed by atoms with Gasteiger partial charge in [0.1, 0.15) is 11.6 Å². The SMILES string of the molecule is O=C(NCCc1ccc2c(c1)CCO2)NCc1ccc(F)c(Cl)c1. The molecule has 2 aromatic carbocycles. The average Bonchev–Trinajstić information content (AvgIpc) is 3.04. The number of hydrogen-bond donors (Lipinski definition) is 2. The second kappa shape index (κ2) is 7.53. The van der Waals surface area contributed by atoms with Gasteiger partial charge >= 0.3 is 6.03 Å². The zero-order chi connectivity index (χ0) is 16.9. The minimum absolute atomic E-state index is 0.0512. The Hall–Kier alpha value is -2.27. The van der Waals surface area contributed by atoms with Gasteiger partial charge in [0.05, 0.1) is 11.6 Å². The highest BCUT2D eigenvalue weighted by Crippen LogP contribution is 2.25. The van der Waals surface area contributed by atoms with E-state index in [4.69, 9.17) is 16.3 Å². The van der Waals surface area contributed by atoms with Crippen LogP contribution in [0.25, 0.3) is 0 Å². The van der Waals surface area contributed by atoms with Crippen molar-refractivity contribution in [3.63, 3.8) is 0 Å². The summed E-state index contributed by atoms with van der Waals surface area (Å²) < 4.78 is 18.5. The van der Waals surface area contributed by atoms with Crippen molar-refractivity contribution >= 4 is 17.6 Å². The molecule has 1 heterocycles. The Labute approximate surface area is 145 Å². The number of nitrogens with one attached hydrogen (secondary N) is 2. The lowest BCUT2D eigenvalue weighted by atomic mass is 10.1. The predicted octanol–water partition coefficient (Wildman–Crippen LogP) is 3.46. The van der Waals surface area contributed by atoms with Crippen molar-refractivity contribution in [2.24, 2.45) is 0 Å². The first kappa shape index (κ1) is 16.6. The van der Waals surface area contributed by atoms with Crippen LogP contribution in [-0.2, 0) is 19.4 Å². The standard InChI is InChI=1S/C18H18ClFN2O2/c19-15-10-13(1-3-16(15)20)11-22-18(23)21-7-5-12-2-4-17-14(9-12)6-8-24-17/h1-4,9-10H,5-8,11H2,(H2,21,22,23). The first-order valence-corrected chi connectivity index (χ1v) is 8.20. The van der Waals surface area contributed by atoms with Crippen molar-refractivity contribution in [1.29, 1.82) is 0 Å². The number of rotatable bonds is 5.